The Bertz CT molecular complexity index is 1120. The summed E-state index contributed by atoms with van der Waals surface area (Å²) in [5.74, 6) is 0.0243. The van der Waals surface area contributed by atoms with Crippen LogP contribution in [-0.4, -0.2) is 44.1 Å². The zero-order chi connectivity index (χ0) is 21.5. The average molecular weight is 541 g/mol. The molecule has 158 valence electrons. The highest BCUT2D eigenvalue weighted by Gasteiger charge is 2.35. The summed E-state index contributed by atoms with van der Waals surface area (Å²) in [6.07, 6.45) is 4.78. The molecule has 0 aliphatic carbocycles. The Kier molecular flexibility index (Phi) is 5.73. The Morgan fingerprint density at radius 3 is 2.87 bits per heavy atom. The maximum absolute atomic E-state index is 11.2. The molecule has 6 N–H and O–H groups in total. The van der Waals surface area contributed by atoms with E-state index >= 15 is 0 Å². The molecule has 3 aromatic rings. The van der Waals surface area contributed by atoms with Crippen molar-refractivity contribution in [1.82, 2.24) is 19.5 Å². The summed E-state index contributed by atoms with van der Waals surface area (Å²) in [5.41, 5.74) is 20.7. The predicted octanol–water partition coefficient (Wildman–Crippen LogP) is 1.89. The molecule has 2 aromatic heterocycles. The first-order valence-corrected chi connectivity index (χ1v) is 10.9. The fourth-order valence-electron chi connectivity index (χ4n) is 3.89. The molecule has 4 rings (SSSR count). The molecule has 1 fully saturated rings. The summed E-state index contributed by atoms with van der Waals surface area (Å²) in [4.78, 5) is 26.1. The number of carbonyl (C=O) groups excluding carboxylic acids is 1. The van der Waals surface area contributed by atoms with E-state index in [1.807, 2.05) is 16.7 Å². The molecule has 0 radical (unpaired) electrons. The van der Waals surface area contributed by atoms with Crippen LogP contribution in [0.1, 0.15) is 24.8 Å². The first kappa shape index (κ1) is 21.1. The molecule has 1 aromatic carbocycles. The van der Waals surface area contributed by atoms with E-state index in [0.29, 0.717) is 41.5 Å². The molecule has 0 spiro atoms. The van der Waals surface area contributed by atoms with E-state index < -0.39 is 5.54 Å². The molecule has 30 heavy (non-hydrogen) atoms. The second-order valence-corrected chi connectivity index (χ2v) is 9.29. The number of hydrogen-bond acceptors (Lipinski definition) is 7. The van der Waals surface area contributed by atoms with Crippen LogP contribution in [0.4, 0.5) is 11.5 Å². The van der Waals surface area contributed by atoms with Gasteiger partial charge in [-0.05, 0) is 47.6 Å². The number of nitrogen functional groups attached to an aromatic ring is 1. The Balaban J connectivity index is 1.67. The number of nitrogens with two attached hydrogens (primary N) is 3. The van der Waals surface area contributed by atoms with Gasteiger partial charge < -0.3 is 26.7 Å². The van der Waals surface area contributed by atoms with Crippen molar-refractivity contribution in [3.63, 3.8) is 0 Å². The summed E-state index contributed by atoms with van der Waals surface area (Å²) in [6, 6.07) is 3.89. The number of rotatable bonds is 6. The normalized spacial score (nSPS) is 19.0. The first-order chi connectivity index (χ1) is 14.3. The predicted molar refractivity (Wildman–Crippen MR) is 125 cm³/mol. The van der Waals surface area contributed by atoms with Crippen molar-refractivity contribution >= 4 is 62.8 Å². The van der Waals surface area contributed by atoms with Crippen molar-refractivity contribution in [3.05, 3.63) is 38.9 Å². The Morgan fingerprint density at radius 2 is 2.10 bits per heavy atom. The minimum atomic E-state index is -0.455. The summed E-state index contributed by atoms with van der Waals surface area (Å²) >= 11 is 8.68. The molecular weight excluding hydrogens is 519 g/mol. The van der Waals surface area contributed by atoms with Crippen molar-refractivity contribution in [3.8, 4) is 0 Å². The van der Waals surface area contributed by atoms with Gasteiger partial charge >= 0.3 is 0 Å². The van der Waals surface area contributed by atoms with Gasteiger partial charge in [0.1, 0.15) is 11.8 Å². The monoisotopic (exact) mass is 540 g/mol. The molecule has 1 amide bonds. The number of benzene rings is 1. The lowest BCUT2D eigenvalue weighted by Crippen LogP contribution is -2.43. The first-order valence-electron chi connectivity index (χ1n) is 9.47. The van der Waals surface area contributed by atoms with E-state index in [-0.39, 0.29) is 12.3 Å². The van der Waals surface area contributed by atoms with Crippen molar-refractivity contribution in [2.24, 2.45) is 11.5 Å². The van der Waals surface area contributed by atoms with Gasteiger partial charge in [0.2, 0.25) is 5.91 Å². The summed E-state index contributed by atoms with van der Waals surface area (Å²) in [5, 5.41) is 0.659. The van der Waals surface area contributed by atoms with Crippen molar-refractivity contribution in [2.45, 2.75) is 31.3 Å². The molecule has 1 aliphatic heterocycles. The molecule has 3 heterocycles. The number of halogens is 2. The van der Waals surface area contributed by atoms with Gasteiger partial charge in [-0.1, -0.05) is 11.6 Å². The highest BCUT2D eigenvalue weighted by molar-refractivity contribution is 14.1. The van der Waals surface area contributed by atoms with E-state index in [9.17, 15) is 4.79 Å². The van der Waals surface area contributed by atoms with Crippen LogP contribution in [0, 0.1) is 3.57 Å². The minimum absolute atomic E-state index is 0.284. The summed E-state index contributed by atoms with van der Waals surface area (Å²) in [7, 11) is 0. The van der Waals surface area contributed by atoms with Crippen LogP contribution in [-0.2, 0) is 11.3 Å². The van der Waals surface area contributed by atoms with Crippen LogP contribution in [0.25, 0.3) is 11.2 Å². The third kappa shape index (κ3) is 4.16. The fourth-order valence-corrected chi connectivity index (χ4v) is 5.07. The third-order valence-corrected chi connectivity index (χ3v) is 6.67. The molecule has 1 saturated heterocycles. The number of nitrogens with zero attached hydrogens (tertiary/aromatic N) is 5. The lowest BCUT2D eigenvalue weighted by molar-refractivity contribution is -0.118. The van der Waals surface area contributed by atoms with Crippen LogP contribution in [0.5, 0.6) is 0 Å². The third-order valence-electron chi connectivity index (χ3n) is 5.49. The quantitative estimate of drug-likeness (QED) is 0.405. The van der Waals surface area contributed by atoms with Gasteiger partial charge in [-0.25, -0.2) is 15.0 Å². The Labute approximate surface area is 192 Å². The van der Waals surface area contributed by atoms with Gasteiger partial charge in [0.05, 0.1) is 12.9 Å². The highest BCUT2D eigenvalue weighted by Crippen LogP contribution is 2.35. The molecule has 1 unspecified atom stereocenters. The van der Waals surface area contributed by atoms with E-state index in [2.05, 4.69) is 42.4 Å². The largest absolute Gasteiger partial charge is 0.382 e. The van der Waals surface area contributed by atoms with Gasteiger partial charge in [-0.15, -0.1) is 0 Å². The van der Waals surface area contributed by atoms with Gasteiger partial charge in [0.25, 0.3) is 0 Å². The Hall–Kier alpha value is -2.18. The molecule has 0 saturated carbocycles. The average Bonchev–Trinajstić information content (AvgIpc) is 3.27. The second-order valence-electron chi connectivity index (χ2n) is 7.69. The molecule has 9 nitrogen and oxygen atoms in total. The fraction of sp³-hybridized carbons (Fsp3) is 0.368. The van der Waals surface area contributed by atoms with Gasteiger partial charge in [0, 0.05) is 44.9 Å². The van der Waals surface area contributed by atoms with Crippen molar-refractivity contribution < 1.29 is 4.79 Å². The molecule has 11 heteroatoms. The molecular formula is C19H22ClIN8O. The van der Waals surface area contributed by atoms with Gasteiger partial charge in [-0.2, -0.15) is 0 Å². The lowest BCUT2D eigenvalue weighted by atomic mass is 9.93. The number of amides is 1. The maximum atomic E-state index is 11.2. The standard InChI is InChI=1S/C19H22ClIN8O/c20-11-5-13(21)12(7-29-10-27-16-17(23)25-9-26-18(16)29)14(6-11)28-4-3-19(24,8-28)2-1-15(22)30/h5-6,9-10H,1-4,7-8,24H2,(H2,22,30)(H2,23,25,26). The molecule has 1 atom stereocenters. The van der Waals surface area contributed by atoms with E-state index in [1.165, 1.54) is 6.33 Å². The van der Waals surface area contributed by atoms with E-state index in [0.717, 1.165) is 27.8 Å². The van der Waals surface area contributed by atoms with Gasteiger partial charge in [0.15, 0.2) is 11.5 Å². The summed E-state index contributed by atoms with van der Waals surface area (Å²) in [6.45, 7) is 1.95. The van der Waals surface area contributed by atoms with Crippen LogP contribution >= 0.6 is 34.2 Å². The topological polar surface area (TPSA) is 142 Å². The van der Waals surface area contributed by atoms with Crippen LogP contribution in [0.3, 0.4) is 0 Å². The summed E-state index contributed by atoms with van der Waals surface area (Å²) < 4.78 is 2.98. The number of imidazole rings is 1. The SMILES string of the molecule is NC(=O)CCC1(N)CCN(c2cc(Cl)cc(I)c2Cn2cnc3c(N)ncnc32)C1. The van der Waals surface area contributed by atoms with Gasteiger partial charge in [-0.3, -0.25) is 4.79 Å². The zero-order valence-corrected chi connectivity index (χ0v) is 19.1. The second kappa shape index (κ2) is 8.16. The maximum Gasteiger partial charge on any atom is 0.217 e. The molecule has 0 bridgehead atoms. The van der Waals surface area contributed by atoms with Crippen LogP contribution < -0.4 is 22.1 Å². The molecule has 1 aliphatic rings. The van der Waals surface area contributed by atoms with Crippen LogP contribution in [0.15, 0.2) is 24.8 Å². The zero-order valence-electron chi connectivity index (χ0n) is 16.2. The highest BCUT2D eigenvalue weighted by atomic mass is 127. The smallest absolute Gasteiger partial charge is 0.217 e. The Morgan fingerprint density at radius 1 is 1.30 bits per heavy atom. The number of carbonyl (C=O) groups is 1. The number of primary amides is 1. The number of hydrogen-bond donors (Lipinski definition) is 3. The van der Waals surface area contributed by atoms with E-state index in [4.69, 9.17) is 28.8 Å². The number of aromatic nitrogens is 4. The number of fused-ring (bicyclic) bond motifs is 1. The van der Waals surface area contributed by atoms with Crippen LogP contribution in [0.2, 0.25) is 5.02 Å². The van der Waals surface area contributed by atoms with Crippen molar-refractivity contribution in [1.29, 1.82) is 0 Å². The minimum Gasteiger partial charge on any atom is -0.382 e. The number of anilines is 2. The van der Waals surface area contributed by atoms with E-state index in [1.54, 1.807) is 6.33 Å². The lowest BCUT2D eigenvalue weighted by Gasteiger charge is -2.27. The van der Waals surface area contributed by atoms with Crippen molar-refractivity contribution in [2.75, 3.05) is 23.7 Å².